The molecule has 0 aliphatic carbocycles. The monoisotopic (exact) mass is 448 g/mol. The van der Waals surface area contributed by atoms with Crippen LogP contribution in [-0.2, 0) is 6.54 Å². The summed E-state index contributed by atoms with van der Waals surface area (Å²) in [6.45, 7) is 3.78. The van der Waals surface area contributed by atoms with Gasteiger partial charge in [0, 0.05) is 24.8 Å². The van der Waals surface area contributed by atoms with E-state index in [2.05, 4.69) is 76.1 Å². The van der Waals surface area contributed by atoms with Gasteiger partial charge in [-0.15, -0.1) is 24.0 Å². The molecule has 0 fully saturated rings. The highest BCUT2D eigenvalue weighted by Crippen LogP contribution is 2.14. The Bertz CT molecular complexity index is 778. The van der Waals surface area contributed by atoms with Crippen molar-refractivity contribution >= 4 is 40.8 Å². The van der Waals surface area contributed by atoms with Crippen LogP contribution in [0.4, 0.5) is 0 Å². The number of benzene rings is 2. The van der Waals surface area contributed by atoms with E-state index in [1.165, 1.54) is 10.9 Å². The van der Waals surface area contributed by atoms with Gasteiger partial charge in [-0.05, 0) is 29.0 Å². The Balaban J connectivity index is 0.00000225. The van der Waals surface area contributed by atoms with Crippen molar-refractivity contribution in [3.05, 3.63) is 71.9 Å². The van der Waals surface area contributed by atoms with Gasteiger partial charge < -0.3 is 15.6 Å². The second-order valence-corrected chi connectivity index (χ2v) is 6.00. The zero-order valence-electron chi connectivity index (χ0n) is 14.6. The van der Waals surface area contributed by atoms with Gasteiger partial charge in [0.15, 0.2) is 5.96 Å². The summed E-state index contributed by atoms with van der Waals surface area (Å²) in [4.78, 5) is 7.72. The maximum absolute atomic E-state index is 4.30. The van der Waals surface area contributed by atoms with E-state index < -0.39 is 0 Å². The van der Waals surface area contributed by atoms with Crippen molar-refractivity contribution in [1.82, 2.24) is 15.6 Å². The van der Waals surface area contributed by atoms with E-state index in [9.17, 15) is 0 Å². The molecule has 132 valence electrons. The largest absolute Gasteiger partial charge is 0.357 e. The molecule has 3 aromatic rings. The summed E-state index contributed by atoms with van der Waals surface area (Å²) < 4.78 is 0. The van der Waals surface area contributed by atoms with Crippen molar-refractivity contribution in [2.24, 2.45) is 4.99 Å². The van der Waals surface area contributed by atoms with E-state index in [-0.39, 0.29) is 24.0 Å². The molecule has 0 saturated heterocycles. The first-order valence-corrected chi connectivity index (χ1v) is 8.32. The minimum Gasteiger partial charge on any atom is -0.357 e. The molecule has 1 heterocycles. The molecule has 1 atom stereocenters. The number of hydrogen-bond acceptors (Lipinski definition) is 1. The van der Waals surface area contributed by atoms with E-state index >= 15 is 0 Å². The topological polar surface area (TPSA) is 52.2 Å². The molecule has 0 amide bonds. The highest BCUT2D eigenvalue weighted by atomic mass is 127. The molecule has 4 nitrogen and oxygen atoms in total. The van der Waals surface area contributed by atoms with Crippen molar-refractivity contribution in [2.75, 3.05) is 13.6 Å². The zero-order chi connectivity index (χ0) is 16.8. The molecular formula is C20H25IN4. The van der Waals surface area contributed by atoms with Gasteiger partial charge in [0.1, 0.15) is 0 Å². The van der Waals surface area contributed by atoms with E-state index in [1.54, 1.807) is 7.05 Å². The molecule has 2 aromatic carbocycles. The quantitative estimate of drug-likeness (QED) is 0.311. The highest BCUT2D eigenvalue weighted by molar-refractivity contribution is 14.0. The third-order valence-corrected chi connectivity index (χ3v) is 4.20. The fourth-order valence-corrected chi connectivity index (χ4v) is 2.78. The summed E-state index contributed by atoms with van der Waals surface area (Å²) in [6.07, 6.45) is 0. The summed E-state index contributed by atoms with van der Waals surface area (Å²) in [5.74, 6) is 1.24. The van der Waals surface area contributed by atoms with Gasteiger partial charge >= 0.3 is 0 Å². The number of guanidine groups is 1. The third kappa shape index (κ3) is 5.22. The standard InChI is InChI=1S/C20H24N4.HI/c1-15(16-8-4-3-5-9-16)13-22-20(21-2)23-14-18-12-17-10-6-7-11-19(17)24-18;/h3-12,15,24H,13-14H2,1-2H3,(H2,21,22,23);1H. The Hall–Kier alpha value is -2.02. The van der Waals surface area contributed by atoms with Crippen LogP contribution in [-0.4, -0.2) is 24.5 Å². The second-order valence-electron chi connectivity index (χ2n) is 6.00. The summed E-state index contributed by atoms with van der Waals surface area (Å²) >= 11 is 0. The van der Waals surface area contributed by atoms with Crippen LogP contribution in [0, 0.1) is 0 Å². The lowest BCUT2D eigenvalue weighted by molar-refractivity contribution is 0.697. The first-order valence-electron chi connectivity index (χ1n) is 8.32. The number of aromatic nitrogens is 1. The van der Waals surface area contributed by atoms with Crippen LogP contribution in [0.3, 0.4) is 0 Å². The van der Waals surface area contributed by atoms with Crippen molar-refractivity contribution in [2.45, 2.75) is 19.4 Å². The van der Waals surface area contributed by atoms with Gasteiger partial charge in [0.05, 0.1) is 6.54 Å². The molecule has 0 spiro atoms. The Morgan fingerprint density at radius 3 is 2.48 bits per heavy atom. The number of aromatic amines is 1. The van der Waals surface area contributed by atoms with Gasteiger partial charge in [-0.25, -0.2) is 0 Å². The highest BCUT2D eigenvalue weighted by Gasteiger charge is 2.06. The molecule has 25 heavy (non-hydrogen) atoms. The minimum atomic E-state index is 0. The van der Waals surface area contributed by atoms with E-state index in [4.69, 9.17) is 0 Å². The molecule has 0 aliphatic heterocycles. The van der Waals surface area contributed by atoms with Crippen LogP contribution in [0.25, 0.3) is 10.9 Å². The van der Waals surface area contributed by atoms with E-state index in [0.717, 1.165) is 23.7 Å². The molecule has 5 heteroatoms. The Morgan fingerprint density at radius 2 is 1.76 bits per heavy atom. The fourth-order valence-electron chi connectivity index (χ4n) is 2.78. The number of hydrogen-bond donors (Lipinski definition) is 3. The van der Waals surface area contributed by atoms with Crippen LogP contribution in [0.5, 0.6) is 0 Å². The average molecular weight is 448 g/mol. The summed E-state index contributed by atoms with van der Waals surface area (Å²) in [7, 11) is 1.80. The van der Waals surface area contributed by atoms with Crippen LogP contribution in [0.1, 0.15) is 24.1 Å². The van der Waals surface area contributed by atoms with Gasteiger partial charge in [-0.1, -0.05) is 55.5 Å². The SMILES string of the molecule is CN=C(NCc1cc2ccccc2[nH]1)NCC(C)c1ccccc1.I. The molecule has 1 unspecified atom stereocenters. The lowest BCUT2D eigenvalue weighted by Crippen LogP contribution is -2.38. The first kappa shape index (κ1) is 19.3. The molecule has 0 bridgehead atoms. The van der Waals surface area contributed by atoms with Crippen molar-refractivity contribution in [3.63, 3.8) is 0 Å². The number of H-pyrrole nitrogens is 1. The Morgan fingerprint density at radius 1 is 1.04 bits per heavy atom. The average Bonchev–Trinajstić information content (AvgIpc) is 3.05. The van der Waals surface area contributed by atoms with Crippen molar-refractivity contribution in [1.29, 1.82) is 0 Å². The van der Waals surface area contributed by atoms with Crippen molar-refractivity contribution < 1.29 is 0 Å². The van der Waals surface area contributed by atoms with Crippen molar-refractivity contribution in [3.8, 4) is 0 Å². The van der Waals surface area contributed by atoms with Crippen LogP contribution < -0.4 is 10.6 Å². The van der Waals surface area contributed by atoms with Gasteiger partial charge in [-0.2, -0.15) is 0 Å². The predicted octanol–water partition coefficient (Wildman–Crippen LogP) is 4.25. The fraction of sp³-hybridized carbons (Fsp3) is 0.250. The number of nitrogens with one attached hydrogen (secondary N) is 3. The van der Waals surface area contributed by atoms with Crippen LogP contribution in [0.15, 0.2) is 65.7 Å². The summed E-state index contributed by atoms with van der Waals surface area (Å²) in [5, 5.41) is 7.99. The third-order valence-electron chi connectivity index (χ3n) is 4.20. The Labute approximate surface area is 166 Å². The lowest BCUT2D eigenvalue weighted by atomic mass is 10.0. The maximum atomic E-state index is 4.30. The first-order chi connectivity index (χ1) is 11.8. The molecule has 0 radical (unpaired) electrons. The van der Waals surface area contributed by atoms with E-state index in [0.29, 0.717) is 12.5 Å². The van der Waals surface area contributed by atoms with Crippen LogP contribution >= 0.6 is 24.0 Å². The van der Waals surface area contributed by atoms with E-state index in [1.807, 2.05) is 12.1 Å². The smallest absolute Gasteiger partial charge is 0.191 e. The molecule has 3 rings (SSSR count). The Kier molecular flexibility index (Phi) is 7.31. The molecule has 3 N–H and O–H groups in total. The number of halogens is 1. The predicted molar refractivity (Wildman–Crippen MR) is 117 cm³/mol. The summed E-state index contributed by atoms with van der Waals surface area (Å²) in [5.41, 5.74) is 3.64. The minimum absolute atomic E-state index is 0. The van der Waals surface area contributed by atoms with Gasteiger partial charge in [0.2, 0.25) is 0 Å². The number of rotatable bonds is 5. The summed E-state index contributed by atoms with van der Waals surface area (Å²) in [6, 6.07) is 21.0. The lowest BCUT2D eigenvalue weighted by Gasteiger charge is -2.16. The molecule has 0 saturated carbocycles. The number of aliphatic imine (C=N–C) groups is 1. The molecule has 0 aliphatic rings. The van der Waals surface area contributed by atoms with Gasteiger partial charge in [-0.3, -0.25) is 4.99 Å². The van der Waals surface area contributed by atoms with Crippen LogP contribution in [0.2, 0.25) is 0 Å². The number of fused-ring (bicyclic) bond motifs is 1. The molecular weight excluding hydrogens is 423 g/mol. The maximum Gasteiger partial charge on any atom is 0.191 e. The number of para-hydroxylation sites is 1. The number of nitrogens with zero attached hydrogens (tertiary/aromatic N) is 1. The normalized spacial score (nSPS) is 12.5. The zero-order valence-corrected chi connectivity index (χ0v) is 17.0. The second kappa shape index (κ2) is 9.46. The van der Waals surface area contributed by atoms with Gasteiger partial charge in [0.25, 0.3) is 0 Å². The molecule has 1 aromatic heterocycles.